The van der Waals surface area contributed by atoms with Crippen LogP contribution in [0.2, 0.25) is 0 Å². The highest BCUT2D eigenvalue weighted by Gasteiger charge is 1.90. The van der Waals surface area contributed by atoms with Crippen molar-refractivity contribution in [1.29, 1.82) is 0 Å². The van der Waals surface area contributed by atoms with E-state index in [1.54, 1.807) is 0 Å². The summed E-state index contributed by atoms with van der Waals surface area (Å²) in [4.78, 5) is 0. The van der Waals surface area contributed by atoms with Crippen LogP contribution in [0.15, 0.2) is 0 Å². The van der Waals surface area contributed by atoms with Crippen molar-refractivity contribution < 1.29 is 32.5 Å². The molecule has 12 heavy (non-hydrogen) atoms. The molecule has 0 aromatic rings. The van der Waals surface area contributed by atoms with Crippen molar-refractivity contribution in [3.63, 3.8) is 0 Å². The molecule has 0 aromatic heterocycles. The highest BCUT2D eigenvalue weighted by molar-refractivity contribution is 4.45. The smallest absolute Gasteiger partial charge is 0.0564 e. The normalized spacial score (nSPS) is 47.2. The monoisotopic (exact) mass is 192 g/mol. The third kappa shape index (κ3) is 9.96. The molecule has 1 heteroatoms. The largest absolute Gasteiger partial charge is 0.396 e. The Morgan fingerprint density at radius 3 is 1.67 bits per heavy atom. The molecule has 0 bridgehead atoms. The molecule has 0 spiro atoms. The molecule has 0 fully saturated rings. The van der Waals surface area contributed by atoms with E-state index in [0.29, 0.717) is 6.92 Å². The van der Waals surface area contributed by atoms with Gasteiger partial charge in [0.15, 0.2) is 0 Å². The van der Waals surface area contributed by atoms with Crippen molar-refractivity contribution in [2.75, 3.05) is 6.56 Å². The van der Waals surface area contributed by atoms with E-state index in [0.717, 1.165) is 0 Å². The van der Waals surface area contributed by atoms with Gasteiger partial charge in [0, 0.05) is 31.2 Å². The van der Waals surface area contributed by atoms with Crippen LogP contribution in [0.25, 0.3) is 0 Å². The van der Waals surface area contributed by atoms with Crippen LogP contribution in [0, 0.1) is 0 Å². The zero-order valence-electron chi connectivity index (χ0n) is 26.4. The molecule has 1 nitrogen and oxygen atoms in total. The van der Waals surface area contributed by atoms with E-state index >= 15 is 0 Å². The zero-order chi connectivity index (χ0) is 27.0. The summed E-state index contributed by atoms with van der Waals surface area (Å²) < 4.78 is 153. The minimum atomic E-state index is -4.55. The third-order valence-corrected chi connectivity index (χ3v) is 0.618. The van der Waals surface area contributed by atoms with E-state index in [9.17, 15) is 5.11 Å². The number of rotatable bonds is 9. The van der Waals surface area contributed by atoms with E-state index < -0.39 is 63.9 Å². The number of hydrogen-bond acceptors (Lipinski definition) is 1. The summed E-state index contributed by atoms with van der Waals surface area (Å²) >= 11 is 0. The van der Waals surface area contributed by atoms with Crippen LogP contribution < -0.4 is 0 Å². The summed E-state index contributed by atoms with van der Waals surface area (Å²) in [6.07, 6.45) is -37.8. The van der Waals surface area contributed by atoms with Crippen LogP contribution in [0.3, 0.4) is 0 Å². The molecule has 0 saturated heterocycles. The van der Waals surface area contributed by atoms with E-state index in [1.165, 1.54) is 0 Å². The Morgan fingerprint density at radius 1 is 0.833 bits per heavy atom. The maximum Gasteiger partial charge on any atom is 0.0564 e. The van der Waals surface area contributed by atoms with Gasteiger partial charge in [-0.2, -0.15) is 0 Å². The SMILES string of the molecule is [2H]C([2H])(C)C([2H])([2H])C([2H])([2H])C([2H])([2H])C([2H])([2H])C([2H])([2H])C([2H])([2H])C([2H])([2H])C([2H])([2H])C([2H])([2H])O. The maximum absolute atomic E-state index is 9.31. The van der Waals surface area contributed by atoms with Crippen LogP contribution >= 0.6 is 0 Å². The van der Waals surface area contributed by atoms with Crippen LogP contribution in [0.4, 0.5) is 0 Å². The van der Waals surface area contributed by atoms with Gasteiger partial charge in [0.25, 0.3) is 0 Å². The Labute approximate surface area is 105 Å². The van der Waals surface area contributed by atoms with Crippen molar-refractivity contribution in [2.24, 2.45) is 0 Å². The van der Waals surface area contributed by atoms with Gasteiger partial charge in [0.05, 0.1) is 2.74 Å². The van der Waals surface area contributed by atoms with Crippen LogP contribution in [-0.4, -0.2) is 11.7 Å². The number of hydrogen-bond donors (Lipinski definition) is 1. The second-order valence-electron chi connectivity index (χ2n) is 1.36. The minimum Gasteiger partial charge on any atom is -0.396 e. The molecule has 0 rings (SSSR count). The van der Waals surface area contributed by atoms with Crippen molar-refractivity contribution in [3.8, 4) is 0 Å². The van der Waals surface area contributed by atoms with E-state index in [2.05, 4.69) is 0 Å². The second-order valence-corrected chi connectivity index (χ2v) is 1.36. The molecule has 0 unspecified atom stereocenters. The molecule has 0 aliphatic heterocycles. The summed E-state index contributed by atoms with van der Waals surface area (Å²) in [6.45, 7) is -3.63. The van der Waals surface area contributed by atoms with Crippen LogP contribution in [0.1, 0.15) is 91.7 Å². The summed E-state index contributed by atoms with van der Waals surface area (Å²) in [5.74, 6) is 0. The molecule has 74 valence electrons. The van der Waals surface area contributed by atoms with Gasteiger partial charge in [-0.1, -0.05) is 57.9 Å². The lowest BCUT2D eigenvalue weighted by atomic mass is 10.1. The molecule has 0 saturated carbocycles. The lowest BCUT2D eigenvalue weighted by Crippen LogP contribution is -1.84. The Morgan fingerprint density at radius 2 is 1.25 bits per heavy atom. The average Bonchev–Trinajstić information content (AvgIpc) is 2.51. The third-order valence-electron chi connectivity index (χ3n) is 0.618. The fraction of sp³-hybridized carbons (Fsp3) is 1.00. The van der Waals surface area contributed by atoms with Gasteiger partial charge in [0.2, 0.25) is 0 Å². The lowest BCUT2D eigenvalue weighted by Gasteiger charge is -1.99. The van der Waals surface area contributed by atoms with Gasteiger partial charge in [-0.05, 0) is 6.37 Å². The Bertz CT molecular complexity index is 633. The van der Waals surface area contributed by atoms with Crippen molar-refractivity contribution in [2.45, 2.75) is 64.3 Å². The van der Waals surface area contributed by atoms with Gasteiger partial charge in [0.1, 0.15) is 0 Å². The molecule has 0 aromatic carbocycles. The number of aliphatic hydroxyl groups is 1. The molecule has 0 aliphatic carbocycles. The first kappa shape index (κ1) is 1.50. The summed E-state index contributed by atoms with van der Waals surface area (Å²) in [7, 11) is 0. The van der Waals surface area contributed by atoms with Gasteiger partial charge in [-0.25, -0.2) is 0 Å². The Hall–Kier alpha value is -0.0400. The quantitative estimate of drug-likeness (QED) is 0.593. The molecule has 0 aliphatic rings. The molecular formula is C11H24O. The van der Waals surface area contributed by atoms with E-state index in [1.807, 2.05) is 0 Å². The first-order valence-electron chi connectivity index (χ1n) is 13.0. The summed E-state index contributed by atoms with van der Waals surface area (Å²) in [6, 6.07) is 0. The molecule has 0 atom stereocenters. The van der Waals surface area contributed by atoms with Gasteiger partial charge < -0.3 is 5.11 Å². The minimum absolute atomic E-state index is 0.501. The fourth-order valence-electron chi connectivity index (χ4n) is 0.278. The predicted octanol–water partition coefficient (Wildman–Crippen LogP) is 3.51. The lowest BCUT2D eigenvalue weighted by molar-refractivity contribution is 0.282. The van der Waals surface area contributed by atoms with E-state index in [4.69, 9.17) is 27.4 Å². The molecule has 1 N–H and O–H groups in total. The average molecular weight is 192 g/mol. The topological polar surface area (TPSA) is 20.2 Å². The summed E-state index contributed by atoms with van der Waals surface area (Å²) in [5, 5.41) is 9.31. The summed E-state index contributed by atoms with van der Waals surface area (Å²) in [5.41, 5.74) is 0. The van der Waals surface area contributed by atoms with Gasteiger partial charge >= 0.3 is 0 Å². The second kappa shape index (κ2) is 11.0. The molecular weight excluding hydrogens is 148 g/mol. The standard InChI is InChI=1S/C11H24O/c1-2-3-4-5-6-7-8-9-10-11-12/h12H,2-11H2,1H3/i2D2,3D2,4D2,5D2,6D2,7D2,8D2,9D2,10D2,11D2. The first-order valence-corrected chi connectivity index (χ1v) is 2.97. The molecule has 0 radical (unpaired) electrons. The van der Waals surface area contributed by atoms with Crippen LogP contribution in [0.5, 0.6) is 0 Å². The highest BCUT2D eigenvalue weighted by Crippen LogP contribution is 2.08. The Kier molecular flexibility index (Phi) is 1.37. The molecule has 0 heterocycles. The Balaban J connectivity index is 7.00. The molecule has 0 amide bonds. The zero-order valence-corrected chi connectivity index (χ0v) is 6.45. The van der Waals surface area contributed by atoms with Gasteiger partial charge in [-0.3, -0.25) is 0 Å². The van der Waals surface area contributed by atoms with E-state index in [-0.39, 0.29) is 0 Å². The van der Waals surface area contributed by atoms with Crippen molar-refractivity contribution in [3.05, 3.63) is 0 Å². The van der Waals surface area contributed by atoms with Crippen molar-refractivity contribution in [1.82, 2.24) is 0 Å². The van der Waals surface area contributed by atoms with Gasteiger partial charge in [-0.15, -0.1) is 0 Å². The first-order chi connectivity index (χ1) is 13.2. The fourth-order valence-corrected chi connectivity index (χ4v) is 0.278. The predicted molar refractivity (Wildman–Crippen MR) is 54.3 cm³/mol. The highest BCUT2D eigenvalue weighted by atomic mass is 16.2. The van der Waals surface area contributed by atoms with Crippen LogP contribution in [-0.2, 0) is 0 Å². The maximum atomic E-state index is 9.31. The van der Waals surface area contributed by atoms with Crippen molar-refractivity contribution >= 4 is 0 Å².